The predicted octanol–water partition coefficient (Wildman–Crippen LogP) is 1.80. The third-order valence-electron chi connectivity index (χ3n) is 3.05. The van der Waals surface area contributed by atoms with E-state index in [9.17, 15) is 5.11 Å². The van der Waals surface area contributed by atoms with E-state index in [1.165, 1.54) is 0 Å². The first-order chi connectivity index (χ1) is 9.38. The zero-order valence-corrected chi connectivity index (χ0v) is 11.2. The number of aliphatic imine (C=N–C) groups is 1. The molecule has 0 amide bonds. The van der Waals surface area contributed by atoms with Crippen LogP contribution in [0.1, 0.15) is 5.56 Å². The summed E-state index contributed by atoms with van der Waals surface area (Å²) in [6, 6.07) is 9.99. The first kappa shape index (κ1) is 12.9. The van der Waals surface area contributed by atoms with Gasteiger partial charge in [-0.05, 0) is 0 Å². The van der Waals surface area contributed by atoms with E-state index in [-0.39, 0.29) is 12.9 Å². The van der Waals surface area contributed by atoms with E-state index in [1.54, 1.807) is 11.8 Å². The third-order valence-corrected chi connectivity index (χ3v) is 4.10. The summed E-state index contributed by atoms with van der Waals surface area (Å²) in [6.45, 7) is 1.12. The highest BCUT2D eigenvalue weighted by Crippen LogP contribution is 2.30. The Balaban J connectivity index is 1.90. The Morgan fingerprint density at radius 1 is 1.21 bits per heavy atom. The maximum absolute atomic E-state index is 9.50. The molecule has 0 saturated carbocycles. The molecule has 19 heavy (non-hydrogen) atoms. The molecule has 0 spiro atoms. The van der Waals surface area contributed by atoms with E-state index < -0.39 is 0 Å². The van der Waals surface area contributed by atoms with Crippen molar-refractivity contribution >= 4 is 16.8 Å². The van der Waals surface area contributed by atoms with Crippen LogP contribution in [0, 0.1) is 0 Å². The van der Waals surface area contributed by atoms with Crippen LogP contribution in [0.25, 0.3) is 0 Å². The fourth-order valence-corrected chi connectivity index (χ4v) is 3.16. The summed E-state index contributed by atoms with van der Waals surface area (Å²) in [7, 11) is 0. The Bertz CT molecular complexity index is 507. The average molecular weight is 277 g/mol. The van der Waals surface area contributed by atoms with E-state index >= 15 is 0 Å². The van der Waals surface area contributed by atoms with Crippen LogP contribution >= 0.6 is 11.8 Å². The second kappa shape index (κ2) is 5.88. The highest BCUT2D eigenvalue weighted by molar-refractivity contribution is 8.14. The van der Waals surface area contributed by atoms with Gasteiger partial charge in [0.05, 0.1) is 25.5 Å². The van der Waals surface area contributed by atoms with Gasteiger partial charge in [-0.2, -0.15) is 0 Å². The Morgan fingerprint density at radius 2 is 1.95 bits per heavy atom. The highest BCUT2D eigenvalue weighted by Gasteiger charge is 2.27. The van der Waals surface area contributed by atoms with Crippen LogP contribution in [0.3, 0.4) is 0 Å². The van der Waals surface area contributed by atoms with Crippen LogP contribution in [-0.2, 0) is 9.47 Å². The van der Waals surface area contributed by atoms with E-state index in [0.717, 1.165) is 21.9 Å². The lowest BCUT2D eigenvalue weighted by Gasteiger charge is -2.21. The number of aliphatic hydroxyl groups is 1. The molecule has 100 valence electrons. The predicted molar refractivity (Wildman–Crippen MR) is 75.2 cm³/mol. The number of rotatable bonds is 3. The molecule has 1 aromatic carbocycles. The number of hydrogen-bond donors (Lipinski definition) is 1. The second-order valence-electron chi connectivity index (χ2n) is 4.28. The molecule has 0 bridgehead atoms. The minimum Gasteiger partial charge on any atom is -0.390 e. The van der Waals surface area contributed by atoms with Crippen LogP contribution in [0.4, 0.5) is 0 Å². The van der Waals surface area contributed by atoms with Gasteiger partial charge >= 0.3 is 0 Å². The molecule has 0 radical (unpaired) electrons. The molecular weight excluding hydrogens is 262 g/mol. The SMILES string of the molecule is OCC1=C(C2OCCO2)CSC(c2ccccc2)=N1. The Hall–Kier alpha value is -1.14. The van der Waals surface area contributed by atoms with E-state index in [1.807, 2.05) is 30.3 Å². The van der Waals surface area contributed by atoms with Crippen molar-refractivity contribution in [2.24, 2.45) is 4.99 Å². The maximum Gasteiger partial charge on any atom is 0.182 e. The van der Waals surface area contributed by atoms with Gasteiger partial charge < -0.3 is 14.6 Å². The van der Waals surface area contributed by atoms with Crippen LogP contribution in [-0.4, -0.2) is 42.0 Å². The van der Waals surface area contributed by atoms with Crippen molar-refractivity contribution in [1.82, 2.24) is 0 Å². The van der Waals surface area contributed by atoms with Crippen molar-refractivity contribution in [3.05, 3.63) is 47.2 Å². The molecule has 5 heteroatoms. The summed E-state index contributed by atoms with van der Waals surface area (Å²) in [5.74, 6) is 0.744. The normalized spacial score (nSPS) is 20.8. The van der Waals surface area contributed by atoms with Crippen LogP contribution in [0.2, 0.25) is 0 Å². The van der Waals surface area contributed by atoms with Gasteiger partial charge in [-0.1, -0.05) is 30.3 Å². The first-order valence-corrected chi connectivity index (χ1v) is 7.20. The fraction of sp³-hybridized carbons (Fsp3) is 0.357. The molecule has 0 aliphatic carbocycles. The summed E-state index contributed by atoms with van der Waals surface area (Å²) >= 11 is 1.65. The van der Waals surface area contributed by atoms with Crippen molar-refractivity contribution < 1.29 is 14.6 Å². The van der Waals surface area contributed by atoms with Crippen molar-refractivity contribution in [3.63, 3.8) is 0 Å². The smallest absolute Gasteiger partial charge is 0.182 e. The molecule has 1 N–H and O–H groups in total. The van der Waals surface area contributed by atoms with Gasteiger partial charge in [0.25, 0.3) is 0 Å². The molecule has 3 rings (SSSR count). The molecule has 0 atom stereocenters. The molecule has 1 aromatic rings. The number of hydrogen-bond acceptors (Lipinski definition) is 5. The molecule has 1 saturated heterocycles. The summed E-state index contributed by atoms with van der Waals surface area (Å²) < 4.78 is 11.0. The fourth-order valence-electron chi connectivity index (χ4n) is 2.09. The third kappa shape index (κ3) is 2.74. The van der Waals surface area contributed by atoms with E-state index in [0.29, 0.717) is 18.9 Å². The first-order valence-electron chi connectivity index (χ1n) is 6.21. The van der Waals surface area contributed by atoms with Gasteiger partial charge in [0, 0.05) is 16.9 Å². The van der Waals surface area contributed by atoms with Crippen LogP contribution in [0.5, 0.6) is 0 Å². The second-order valence-corrected chi connectivity index (χ2v) is 5.24. The van der Waals surface area contributed by atoms with Crippen LogP contribution < -0.4 is 0 Å². The van der Waals surface area contributed by atoms with Gasteiger partial charge in [-0.3, -0.25) is 0 Å². The topological polar surface area (TPSA) is 51.0 Å². The Labute approximate surface area is 116 Å². The molecule has 2 aliphatic rings. The van der Waals surface area contributed by atoms with Crippen molar-refractivity contribution in [2.75, 3.05) is 25.6 Å². The van der Waals surface area contributed by atoms with E-state index in [4.69, 9.17) is 9.47 Å². The lowest BCUT2D eigenvalue weighted by molar-refractivity contribution is -0.0118. The van der Waals surface area contributed by atoms with Gasteiger partial charge in [-0.25, -0.2) is 4.99 Å². The quantitative estimate of drug-likeness (QED) is 0.915. The minimum atomic E-state index is -0.337. The maximum atomic E-state index is 9.50. The van der Waals surface area contributed by atoms with Crippen molar-refractivity contribution in [2.45, 2.75) is 6.29 Å². The molecule has 1 fully saturated rings. The van der Waals surface area contributed by atoms with Gasteiger partial charge in [-0.15, -0.1) is 11.8 Å². The molecule has 0 aromatic heterocycles. The number of nitrogens with zero attached hydrogens (tertiary/aromatic N) is 1. The zero-order valence-electron chi connectivity index (χ0n) is 10.4. The van der Waals surface area contributed by atoms with Gasteiger partial charge in [0.15, 0.2) is 6.29 Å². The summed E-state index contributed by atoms with van der Waals surface area (Å²) in [5.41, 5.74) is 2.69. The average Bonchev–Trinajstić information content (AvgIpc) is 3.01. The lowest BCUT2D eigenvalue weighted by Crippen LogP contribution is -2.20. The highest BCUT2D eigenvalue weighted by atomic mass is 32.2. The molecule has 2 aliphatic heterocycles. The number of aliphatic hydroxyl groups excluding tert-OH is 1. The van der Waals surface area contributed by atoms with Gasteiger partial charge in [0.1, 0.15) is 5.04 Å². The summed E-state index contributed by atoms with van der Waals surface area (Å²) in [6.07, 6.45) is -0.337. The van der Waals surface area contributed by atoms with Crippen molar-refractivity contribution in [1.29, 1.82) is 0 Å². The lowest BCUT2D eigenvalue weighted by atomic mass is 10.2. The minimum absolute atomic E-state index is 0.0879. The Kier molecular flexibility index (Phi) is 3.98. The summed E-state index contributed by atoms with van der Waals surface area (Å²) in [4.78, 5) is 4.55. The molecular formula is C14H15NO3S. The summed E-state index contributed by atoms with van der Waals surface area (Å²) in [5, 5.41) is 10.4. The number of ether oxygens (including phenoxy) is 2. The van der Waals surface area contributed by atoms with Crippen LogP contribution in [0.15, 0.2) is 46.6 Å². The largest absolute Gasteiger partial charge is 0.390 e. The molecule has 2 heterocycles. The number of thioether (sulfide) groups is 1. The standard InChI is InChI=1S/C14H15NO3S/c16-8-12-11(14-17-6-7-18-14)9-19-13(15-12)10-4-2-1-3-5-10/h1-5,14,16H,6-9H2. The molecule has 4 nitrogen and oxygen atoms in total. The zero-order chi connectivity index (χ0) is 13.1. The van der Waals surface area contributed by atoms with Crippen molar-refractivity contribution in [3.8, 4) is 0 Å². The van der Waals surface area contributed by atoms with E-state index in [2.05, 4.69) is 4.99 Å². The van der Waals surface area contributed by atoms with Gasteiger partial charge in [0.2, 0.25) is 0 Å². The number of benzene rings is 1. The Morgan fingerprint density at radius 3 is 2.63 bits per heavy atom. The monoisotopic (exact) mass is 277 g/mol. The molecule has 0 unspecified atom stereocenters.